The molecule has 0 N–H and O–H groups in total. The van der Waals surface area contributed by atoms with Crippen molar-refractivity contribution in [2.24, 2.45) is 0 Å². The quantitative estimate of drug-likeness (QED) is 0.523. The highest BCUT2D eigenvalue weighted by Gasteiger charge is 2.52. The fourth-order valence-corrected chi connectivity index (χ4v) is 2.83. The molecule has 0 aliphatic carbocycles. The lowest BCUT2D eigenvalue weighted by Crippen LogP contribution is -2.41. The van der Waals surface area contributed by atoms with Crippen LogP contribution < -0.4 is 10.4 Å². The number of carbonyl (C=O) groups is 2. The molecule has 31 heavy (non-hydrogen) atoms. The largest absolute Gasteiger partial charge is 0.494 e. The normalized spacial score (nSPS) is 18.0. The van der Waals surface area contributed by atoms with E-state index in [9.17, 15) is 9.59 Å². The lowest BCUT2D eigenvalue weighted by molar-refractivity contribution is 0.00578. The monoisotopic (exact) mass is 433 g/mol. The lowest BCUT2D eigenvalue weighted by atomic mass is 9.78. The smallest absolute Gasteiger partial charge is 0.456 e. The maximum atomic E-state index is 12.8. The number of amides is 1. The fourth-order valence-electron chi connectivity index (χ4n) is 2.83. The van der Waals surface area contributed by atoms with Gasteiger partial charge < -0.3 is 18.8 Å². The van der Waals surface area contributed by atoms with Gasteiger partial charge >= 0.3 is 19.2 Å². The van der Waals surface area contributed by atoms with Crippen LogP contribution in [0.3, 0.4) is 0 Å². The van der Waals surface area contributed by atoms with Gasteiger partial charge in [-0.25, -0.2) is 9.59 Å². The minimum Gasteiger partial charge on any atom is -0.456 e. The second-order valence-electron chi connectivity index (χ2n) is 10.9. The minimum absolute atomic E-state index is 0.299. The van der Waals surface area contributed by atoms with Gasteiger partial charge in [0.25, 0.3) is 0 Å². The Morgan fingerprint density at radius 3 is 1.81 bits per heavy atom. The van der Waals surface area contributed by atoms with Crippen LogP contribution in [-0.4, -0.2) is 48.6 Å². The van der Waals surface area contributed by atoms with Gasteiger partial charge in [-0.1, -0.05) is 0 Å². The summed E-state index contributed by atoms with van der Waals surface area (Å²) in [5.41, 5.74) is -1.01. The molecule has 1 fully saturated rings. The third-order valence-electron chi connectivity index (χ3n) is 5.15. The van der Waals surface area contributed by atoms with Crippen molar-refractivity contribution in [3.63, 3.8) is 0 Å². The van der Waals surface area contributed by atoms with E-state index in [1.165, 1.54) is 4.90 Å². The Balaban J connectivity index is 2.48. The summed E-state index contributed by atoms with van der Waals surface area (Å²) in [7, 11) is 0.897. The fraction of sp³-hybridized carbons (Fsp3) is 0.652. The predicted molar refractivity (Wildman–Crippen MR) is 122 cm³/mol. The number of hydrogen-bond donors (Lipinski definition) is 0. The van der Waals surface area contributed by atoms with Crippen LogP contribution in [0.15, 0.2) is 18.2 Å². The van der Waals surface area contributed by atoms with E-state index in [1.54, 1.807) is 66.8 Å². The zero-order valence-electron chi connectivity index (χ0n) is 20.7. The molecule has 1 saturated heterocycles. The standard InChI is InChI=1S/C23H36BNO6/c1-20(2,3)28-18(26)15-12-16(24-30-22(7,8)23(9,10)31-24)14-17(13-15)25(11)19(27)29-21(4,5)6/h12-14H,1-11H3. The van der Waals surface area contributed by atoms with Gasteiger partial charge in [-0.15, -0.1) is 0 Å². The number of anilines is 1. The minimum atomic E-state index is -0.696. The first-order chi connectivity index (χ1) is 13.8. The molecule has 0 saturated carbocycles. The molecule has 7 nitrogen and oxygen atoms in total. The van der Waals surface area contributed by atoms with Crippen LogP contribution in [0.4, 0.5) is 10.5 Å². The molecule has 1 aromatic rings. The van der Waals surface area contributed by atoms with Crippen molar-refractivity contribution < 1.29 is 28.4 Å². The van der Waals surface area contributed by atoms with Crippen molar-refractivity contribution in [2.45, 2.75) is 91.6 Å². The molecule has 1 aliphatic rings. The molecular formula is C23H36BNO6. The summed E-state index contributed by atoms with van der Waals surface area (Å²) in [6, 6.07) is 5.05. The molecule has 0 unspecified atom stereocenters. The summed E-state index contributed by atoms with van der Waals surface area (Å²) in [4.78, 5) is 26.8. The number of rotatable bonds is 3. The maximum absolute atomic E-state index is 12.8. The zero-order valence-corrected chi connectivity index (χ0v) is 20.7. The van der Waals surface area contributed by atoms with Gasteiger partial charge in [0.2, 0.25) is 0 Å². The predicted octanol–water partition coefficient (Wildman–Crippen LogP) is 4.31. The first kappa shape index (κ1) is 25.2. The number of benzene rings is 1. The van der Waals surface area contributed by atoms with E-state index < -0.39 is 41.6 Å². The zero-order chi connectivity index (χ0) is 24.0. The SMILES string of the molecule is CN(C(=O)OC(C)(C)C)c1cc(B2OC(C)(C)C(C)(C)O2)cc(C(=O)OC(C)(C)C)c1. The molecular weight excluding hydrogens is 397 g/mol. The third kappa shape index (κ3) is 6.23. The van der Waals surface area contributed by atoms with Gasteiger partial charge in [-0.3, -0.25) is 4.90 Å². The number of nitrogens with zero attached hydrogens (tertiary/aromatic N) is 1. The molecule has 0 bridgehead atoms. The van der Waals surface area contributed by atoms with Crippen LogP contribution in [0, 0.1) is 0 Å². The number of carbonyl (C=O) groups excluding carboxylic acids is 2. The van der Waals surface area contributed by atoms with Crippen molar-refractivity contribution in [3.05, 3.63) is 23.8 Å². The second kappa shape index (κ2) is 8.13. The first-order valence-corrected chi connectivity index (χ1v) is 10.5. The summed E-state index contributed by atoms with van der Waals surface area (Å²) in [5, 5.41) is 0. The van der Waals surface area contributed by atoms with E-state index in [1.807, 2.05) is 27.7 Å². The molecule has 8 heteroatoms. The Hall–Kier alpha value is -2.06. The molecule has 1 amide bonds. The second-order valence-corrected chi connectivity index (χ2v) is 10.9. The van der Waals surface area contributed by atoms with Crippen molar-refractivity contribution in [1.82, 2.24) is 0 Å². The molecule has 1 aliphatic heterocycles. The Morgan fingerprint density at radius 1 is 0.871 bits per heavy atom. The highest BCUT2D eigenvalue weighted by atomic mass is 16.7. The van der Waals surface area contributed by atoms with Crippen molar-refractivity contribution in [2.75, 3.05) is 11.9 Å². The summed E-state index contributed by atoms with van der Waals surface area (Å²) in [5.74, 6) is -0.496. The van der Waals surface area contributed by atoms with Gasteiger partial charge in [-0.05, 0) is 92.9 Å². The van der Waals surface area contributed by atoms with Gasteiger partial charge in [0.1, 0.15) is 11.2 Å². The first-order valence-electron chi connectivity index (χ1n) is 10.5. The van der Waals surface area contributed by atoms with Crippen LogP contribution in [-0.2, 0) is 18.8 Å². The molecule has 0 aromatic heterocycles. The average molecular weight is 433 g/mol. The molecule has 2 rings (SSSR count). The molecule has 0 spiro atoms. The van der Waals surface area contributed by atoms with Crippen molar-refractivity contribution >= 4 is 30.3 Å². The number of ether oxygens (including phenoxy) is 2. The topological polar surface area (TPSA) is 74.3 Å². The van der Waals surface area contributed by atoms with Gasteiger partial charge in [-0.2, -0.15) is 0 Å². The van der Waals surface area contributed by atoms with Crippen LogP contribution >= 0.6 is 0 Å². The van der Waals surface area contributed by atoms with Crippen molar-refractivity contribution in [1.29, 1.82) is 0 Å². The molecule has 0 radical (unpaired) electrons. The van der Waals surface area contributed by atoms with Gasteiger partial charge in [0.15, 0.2) is 0 Å². The van der Waals surface area contributed by atoms with E-state index in [-0.39, 0.29) is 0 Å². The Bertz CT molecular complexity index is 835. The summed E-state index contributed by atoms with van der Waals surface area (Å²) in [6.45, 7) is 18.6. The average Bonchev–Trinajstić information content (AvgIpc) is 2.78. The van der Waals surface area contributed by atoms with Gasteiger partial charge in [0, 0.05) is 12.7 Å². The molecule has 172 valence electrons. The summed E-state index contributed by atoms with van der Waals surface area (Å²) in [6.07, 6.45) is -0.534. The highest BCUT2D eigenvalue weighted by Crippen LogP contribution is 2.37. The number of esters is 1. The van der Waals surface area contributed by atoms with E-state index in [0.717, 1.165) is 0 Å². The molecule has 0 atom stereocenters. The van der Waals surface area contributed by atoms with Crippen LogP contribution in [0.1, 0.15) is 79.6 Å². The molecule has 1 heterocycles. The maximum Gasteiger partial charge on any atom is 0.494 e. The van der Waals surface area contributed by atoms with Crippen LogP contribution in [0.25, 0.3) is 0 Å². The highest BCUT2D eigenvalue weighted by molar-refractivity contribution is 6.62. The van der Waals surface area contributed by atoms with Crippen LogP contribution in [0.5, 0.6) is 0 Å². The summed E-state index contributed by atoms with van der Waals surface area (Å²) >= 11 is 0. The Labute approximate surface area is 186 Å². The van der Waals surface area contributed by atoms with Gasteiger partial charge in [0.05, 0.1) is 16.8 Å². The van der Waals surface area contributed by atoms with Crippen LogP contribution in [0.2, 0.25) is 0 Å². The van der Waals surface area contributed by atoms with Crippen molar-refractivity contribution in [3.8, 4) is 0 Å². The van der Waals surface area contributed by atoms with E-state index in [0.29, 0.717) is 16.7 Å². The third-order valence-corrected chi connectivity index (χ3v) is 5.15. The summed E-state index contributed by atoms with van der Waals surface area (Å²) < 4.78 is 23.3. The van der Waals surface area contributed by atoms with E-state index >= 15 is 0 Å². The Morgan fingerprint density at radius 2 is 1.35 bits per heavy atom. The van der Waals surface area contributed by atoms with E-state index in [2.05, 4.69) is 0 Å². The van der Waals surface area contributed by atoms with E-state index in [4.69, 9.17) is 18.8 Å². The Kier molecular flexibility index (Phi) is 6.61. The molecule has 1 aromatic carbocycles. The number of hydrogen-bond acceptors (Lipinski definition) is 6. The lowest BCUT2D eigenvalue weighted by Gasteiger charge is -2.32.